The minimum Gasteiger partial charge on any atom is -0.496 e. The lowest BCUT2D eigenvalue weighted by Gasteiger charge is -2.50. The second kappa shape index (κ2) is 21.3. The Balaban J connectivity index is 1.17. The molecule has 8 heteroatoms. The first-order valence-corrected chi connectivity index (χ1v) is 22.5. The molecule has 8 nitrogen and oxygen atoms in total. The fraction of sp³-hybridized carbons (Fsp3) is 0.263. The second-order valence-corrected chi connectivity index (χ2v) is 16.8. The molecular weight excluding hydrogens is 813 g/mol. The molecule has 1 aliphatic heterocycles. The summed E-state index contributed by atoms with van der Waals surface area (Å²) in [6.07, 6.45) is -0.909. The van der Waals surface area contributed by atoms with E-state index in [-0.39, 0.29) is 33.0 Å². The number of ether oxygens (including phenoxy) is 7. The highest BCUT2D eigenvalue weighted by Crippen LogP contribution is 2.47. The molecule has 0 saturated carbocycles. The van der Waals surface area contributed by atoms with Gasteiger partial charge in [-0.15, -0.1) is 0 Å². The van der Waals surface area contributed by atoms with Crippen LogP contribution in [0.15, 0.2) is 182 Å². The predicted octanol–water partition coefficient (Wildman–Crippen LogP) is 10.5. The van der Waals surface area contributed by atoms with Gasteiger partial charge in [-0.3, -0.25) is 0 Å². The van der Waals surface area contributed by atoms with Crippen LogP contribution in [0.25, 0.3) is 0 Å². The molecule has 0 spiro atoms. The Morgan fingerprint density at radius 1 is 0.508 bits per heavy atom. The fourth-order valence-electron chi connectivity index (χ4n) is 8.72. The Bertz CT molecular complexity index is 2560. The number of hydrogen-bond acceptors (Lipinski definition) is 8. The molecule has 0 amide bonds. The summed E-state index contributed by atoms with van der Waals surface area (Å²) in [5, 5.41) is 13.9. The molecule has 0 bridgehead atoms. The number of aryl methyl sites for hydroxylation is 2. The third kappa shape index (κ3) is 10.9. The predicted molar refractivity (Wildman–Crippen MR) is 250 cm³/mol. The first kappa shape index (κ1) is 44.1. The summed E-state index contributed by atoms with van der Waals surface area (Å²) < 4.78 is 47.5. The number of methoxy groups -OCH3 is 1. The lowest BCUT2D eigenvalue weighted by Crippen LogP contribution is -2.65. The molecule has 5 atom stereocenters. The lowest BCUT2D eigenvalue weighted by molar-refractivity contribution is -0.379. The average molecular weight is 869 g/mol. The van der Waals surface area contributed by atoms with E-state index in [0.29, 0.717) is 30.1 Å². The molecule has 332 valence electrons. The molecule has 7 aromatic carbocycles. The molecule has 1 aliphatic carbocycles. The minimum atomic E-state index is -2.17. The van der Waals surface area contributed by atoms with E-state index in [4.69, 9.17) is 33.2 Å². The van der Waals surface area contributed by atoms with Crippen LogP contribution in [0.1, 0.15) is 55.6 Å². The maximum atomic E-state index is 13.9. The number of aliphatic hydroxyl groups is 1. The van der Waals surface area contributed by atoms with Crippen molar-refractivity contribution < 1.29 is 38.3 Å². The fourth-order valence-corrected chi connectivity index (χ4v) is 8.72. The molecule has 1 N–H and O–H groups in total. The maximum absolute atomic E-state index is 13.9. The number of rotatable bonds is 20. The summed E-state index contributed by atoms with van der Waals surface area (Å²) in [6, 6.07) is 60.4. The summed E-state index contributed by atoms with van der Waals surface area (Å²) in [5.41, 5.74) is 9.97. The zero-order chi connectivity index (χ0) is 44.3. The van der Waals surface area contributed by atoms with Gasteiger partial charge >= 0.3 is 0 Å². The number of hydrogen-bond donors (Lipinski definition) is 1. The summed E-state index contributed by atoms with van der Waals surface area (Å²) in [4.78, 5) is 0. The van der Waals surface area contributed by atoms with Gasteiger partial charge in [-0.05, 0) is 69.0 Å². The highest BCUT2D eigenvalue weighted by Gasteiger charge is 2.58. The van der Waals surface area contributed by atoms with Gasteiger partial charge in [-0.2, -0.15) is 0 Å². The van der Waals surface area contributed by atoms with E-state index in [1.165, 1.54) is 11.1 Å². The van der Waals surface area contributed by atoms with Crippen LogP contribution in [-0.2, 0) is 81.8 Å². The van der Waals surface area contributed by atoms with Gasteiger partial charge in [0.15, 0.2) is 0 Å². The van der Waals surface area contributed by atoms with Crippen molar-refractivity contribution in [3.63, 3.8) is 0 Å². The Hall–Kier alpha value is -6.10. The molecule has 1 heterocycles. The van der Waals surface area contributed by atoms with E-state index >= 15 is 0 Å². The van der Waals surface area contributed by atoms with Crippen molar-refractivity contribution in [2.75, 3.05) is 13.7 Å². The lowest BCUT2D eigenvalue weighted by atomic mass is 9.84. The second-order valence-electron chi connectivity index (χ2n) is 16.8. The highest BCUT2D eigenvalue weighted by atomic mass is 16.7. The largest absolute Gasteiger partial charge is 0.496 e. The number of benzene rings is 7. The van der Waals surface area contributed by atoms with E-state index in [0.717, 1.165) is 51.8 Å². The topological polar surface area (TPSA) is 84.8 Å². The summed E-state index contributed by atoms with van der Waals surface area (Å²) >= 11 is 0. The zero-order valence-corrected chi connectivity index (χ0v) is 36.8. The van der Waals surface area contributed by atoms with Gasteiger partial charge in [-0.25, -0.2) is 0 Å². The average Bonchev–Trinajstić information content (AvgIpc) is 3.34. The van der Waals surface area contributed by atoms with E-state index in [1.807, 2.05) is 164 Å². The highest BCUT2D eigenvalue weighted by molar-refractivity contribution is 5.52. The zero-order valence-electron chi connectivity index (χ0n) is 36.8. The van der Waals surface area contributed by atoms with Gasteiger partial charge in [0.2, 0.25) is 5.79 Å². The molecule has 9 rings (SSSR count). The van der Waals surface area contributed by atoms with Gasteiger partial charge in [-0.1, -0.05) is 170 Å². The monoisotopic (exact) mass is 868 g/mol. The maximum Gasteiger partial charge on any atom is 0.226 e. The molecule has 7 aromatic rings. The van der Waals surface area contributed by atoms with Crippen molar-refractivity contribution in [1.29, 1.82) is 0 Å². The van der Waals surface area contributed by atoms with Gasteiger partial charge in [0.1, 0.15) is 42.5 Å². The summed E-state index contributed by atoms with van der Waals surface area (Å²) in [7, 11) is 1.66. The van der Waals surface area contributed by atoms with Gasteiger partial charge in [0.25, 0.3) is 0 Å². The third-order valence-electron chi connectivity index (χ3n) is 12.3. The Morgan fingerprint density at radius 3 is 1.54 bits per heavy atom. The smallest absolute Gasteiger partial charge is 0.226 e. The van der Waals surface area contributed by atoms with Crippen molar-refractivity contribution in [3.05, 3.63) is 238 Å². The van der Waals surface area contributed by atoms with E-state index < -0.39 is 30.2 Å². The molecule has 2 aliphatic rings. The van der Waals surface area contributed by atoms with Crippen molar-refractivity contribution in [3.8, 4) is 11.5 Å². The first-order chi connectivity index (χ1) is 32.0. The van der Waals surface area contributed by atoms with Crippen molar-refractivity contribution in [2.24, 2.45) is 0 Å². The molecule has 1 unspecified atom stereocenters. The van der Waals surface area contributed by atoms with Gasteiger partial charge < -0.3 is 38.3 Å². The first-order valence-electron chi connectivity index (χ1n) is 22.5. The normalized spacial score (nSPS) is 20.1. The van der Waals surface area contributed by atoms with Crippen molar-refractivity contribution >= 4 is 0 Å². The van der Waals surface area contributed by atoms with E-state index in [2.05, 4.69) is 18.2 Å². The molecule has 1 saturated heterocycles. The van der Waals surface area contributed by atoms with Crippen LogP contribution in [0.3, 0.4) is 0 Å². The van der Waals surface area contributed by atoms with Crippen LogP contribution >= 0.6 is 0 Å². The van der Waals surface area contributed by atoms with Crippen LogP contribution in [0, 0.1) is 0 Å². The Kier molecular flexibility index (Phi) is 14.4. The van der Waals surface area contributed by atoms with Crippen LogP contribution in [0.2, 0.25) is 0 Å². The van der Waals surface area contributed by atoms with Gasteiger partial charge in [0.05, 0.1) is 45.7 Å². The van der Waals surface area contributed by atoms with E-state index in [9.17, 15) is 5.11 Å². The van der Waals surface area contributed by atoms with Crippen molar-refractivity contribution in [1.82, 2.24) is 0 Å². The van der Waals surface area contributed by atoms with Crippen LogP contribution in [-0.4, -0.2) is 43.2 Å². The standard InChI is InChI=1S/C57H56O8/c1-59-51-34-52(61-36-42-19-9-3-10-20-42)50(33-49(51)32-46-27-28-47-29-30-48(47)31-46)57(58)56(64-39-45-25-15-6-16-26-45)55(63-38-44-23-13-5-14-24-44)54(62-37-43-21-11-4-12-22-43)53(65-57)40-60-35-41-17-7-2-8-18-41/h2-28,31,33-34,53-56,58H,29-30,32,35-40H2,1H3/t53-,54-,55+,56-,57?/m1/s1. The summed E-state index contributed by atoms with van der Waals surface area (Å²) in [5.74, 6) is -1.15. The summed E-state index contributed by atoms with van der Waals surface area (Å²) in [6.45, 7) is 1.27. The SMILES string of the molecule is COc1cc(OCc2ccccc2)c(C2(O)O[C@H](COCc3ccccc3)[C@@H](OCc3ccccc3)[C@H](OCc3ccccc3)[C@H]2OCc2ccccc2)cc1Cc1ccc2c(c1)CC2. The van der Waals surface area contributed by atoms with E-state index in [1.54, 1.807) is 7.11 Å². The molecule has 0 aromatic heterocycles. The third-order valence-corrected chi connectivity index (χ3v) is 12.3. The van der Waals surface area contributed by atoms with Crippen LogP contribution < -0.4 is 9.47 Å². The van der Waals surface area contributed by atoms with Crippen LogP contribution in [0.4, 0.5) is 0 Å². The Morgan fingerprint density at radius 2 is 1.02 bits per heavy atom. The molecule has 65 heavy (non-hydrogen) atoms. The molecule has 0 radical (unpaired) electrons. The van der Waals surface area contributed by atoms with Crippen LogP contribution in [0.5, 0.6) is 11.5 Å². The molecule has 1 fully saturated rings. The molecular formula is C57H56O8. The van der Waals surface area contributed by atoms with Gasteiger partial charge in [0, 0.05) is 12.5 Å². The quantitative estimate of drug-likeness (QED) is 0.0811. The van der Waals surface area contributed by atoms with Crippen molar-refractivity contribution in [2.45, 2.75) is 82.5 Å². The minimum absolute atomic E-state index is 0.0750. The Labute approximate surface area is 382 Å². The number of fused-ring (bicyclic) bond motifs is 1.